The molecule has 0 spiro atoms. The maximum Gasteiger partial charge on any atom is 0.253 e. The fourth-order valence-corrected chi connectivity index (χ4v) is 3.62. The Labute approximate surface area is 181 Å². The Morgan fingerprint density at radius 3 is 2.43 bits per heavy atom. The molecule has 30 heavy (non-hydrogen) atoms. The lowest BCUT2D eigenvalue weighted by Crippen LogP contribution is -2.23. The first-order valence-corrected chi connectivity index (χ1v) is 10.8. The Bertz CT molecular complexity index is 1040. The van der Waals surface area contributed by atoms with Gasteiger partial charge >= 0.3 is 0 Å². The highest BCUT2D eigenvalue weighted by molar-refractivity contribution is 7.11. The SMILES string of the molecule is Cc1cccc(C=C(C(=O)NCc2ccc(NC(=O)C(C)C)cc2)c2cccs2)c1. The van der Waals surface area contributed by atoms with Gasteiger partial charge in [-0.3, -0.25) is 9.59 Å². The van der Waals surface area contributed by atoms with Crippen LogP contribution in [0.1, 0.15) is 35.4 Å². The molecule has 154 valence electrons. The lowest BCUT2D eigenvalue weighted by atomic mass is 10.1. The van der Waals surface area contributed by atoms with Crippen LogP contribution in [0.4, 0.5) is 5.69 Å². The van der Waals surface area contributed by atoms with E-state index in [1.165, 1.54) is 0 Å². The lowest BCUT2D eigenvalue weighted by Gasteiger charge is -2.10. The Hall–Kier alpha value is -3.18. The van der Waals surface area contributed by atoms with Gasteiger partial charge in [0.05, 0.1) is 5.57 Å². The standard InChI is InChI=1S/C25H26N2O2S/c1-17(2)24(28)27-21-11-9-19(10-12-21)16-26-25(29)22(23-8-5-13-30-23)15-20-7-4-6-18(3)14-20/h4-15,17H,16H2,1-3H3,(H,26,29)(H,27,28). The number of hydrogen-bond acceptors (Lipinski definition) is 3. The quantitative estimate of drug-likeness (QED) is 0.497. The minimum Gasteiger partial charge on any atom is -0.348 e. The van der Waals surface area contributed by atoms with Gasteiger partial charge in [-0.15, -0.1) is 11.3 Å². The summed E-state index contributed by atoms with van der Waals surface area (Å²) in [6.07, 6.45) is 1.93. The molecule has 2 aromatic carbocycles. The van der Waals surface area contributed by atoms with Crippen molar-refractivity contribution in [2.45, 2.75) is 27.3 Å². The van der Waals surface area contributed by atoms with Gasteiger partial charge in [0.15, 0.2) is 0 Å². The summed E-state index contributed by atoms with van der Waals surface area (Å²) in [5, 5.41) is 7.85. The molecule has 1 heterocycles. The number of rotatable bonds is 7. The van der Waals surface area contributed by atoms with Crippen LogP contribution in [0.25, 0.3) is 11.6 Å². The van der Waals surface area contributed by atoms with E-state index in [-0.39, 0.29) is 17.7 Å². The van der Waals surface area contributed by atoms with Crippen LogP contribution in [0.5, 0.6) is 0 Å². The molecule has 0 aliphatic rings. The zero-order chi connectivity index (χ0) is 21.5. The highest BCUT2D eigenvalue weighted by atomic mass is 32.1. The molecule has 2 N–H and O–H groups in total. The number of hydrogen-bond donors (Lipinski definition) is 2. The average molecular weight is 419 g/mol. The molecule has 0 aliphatic heterocycles. The van der Waals surface area contributed by atoms with Gasteiger partial charge in [-0.2, -0.15) is 0 Å². The van der Waals surface area contributed by atoms with E-state index in [0.29, 0.717) is 12.1 Å². The normalized spacial score (nSPS) is 11.4. The first kappa shape index (κ1) is 21.5. The summed E-state index contributed by atoms with van der Waals surface area (Å²) < 4.78 is 0. The van der Waals surface area contributed by atoms with Crippen LogP contribution in [0.2, 0.25) is 0 Å². The number of aryl methyl sites for hydroxylation is 1. The van der Waals surface area contributed by atoms with Crippen LogP contribution in [0.3, 0.4) is 0 Å². The van der Waals surface area contributed by atoms with Crippen molar-refractivity contribution in [1.29, 1.82) is 0 Å². The number of thiophene rings is 1. The average Bonchev–Trinajstić information content (AvgIpc) is 3.25. The molecule has 0 bridgehead atoms. The summed E-state index contributed by atoms with van der Waals surface area (Å²) in [6.45, 7) is 6.16. The highest BCUT2D eigenvalue weighted by Gasteiger charge is 2.13. The second kappa shape index (κ2) is 10.0. The molecular weight excluding hydrogens is 392 g/mol. The molecule has 5 heteroatoms. The van der Waals surface area contributed by atoms with E-state index >= 15 is 0 Å². The summed E-state index contributed by atoms with van der Waals surface area (Å²) in [5.74, 6) is -0.200. The van der Waals surface area contributed by atoms with E-state index in [0.717, 1.165) is 27.3 Å². The van der Waals surface area contributed by atoms with Gasteiger partial charge in [0.2, 0.25) is 5.91 Å². The molecule has 3 aromatic rings. The zero-order valence-corrected chi connectivity index (χ0v) is 18.3. The van der Waals surface area contributed by atoms with Gasteiger partial charge in [-0.05, 0) is 47.7 Å². The van der Waals surface area contributed by atoms with Crippen molar-refractivity contribution < 1.29 is 9.59 Å². The molecule has 0 saturated carbocycles. The second-order valence-corrected chi connectivity index (χ2v) is 8.42. The fourth-order valence-electron chi connectivity index (χ4n) is 2.88. The Kier molecular flexibility index (Phi) is 7.20. The van der Waals surface area contributed by atoms with Gasteiger partial charge < -0.3 is 10.6 Å². The minimum absolute atomic E-state index is 0.0158. The third-order valence-corrected chi connectivity index (χ3v) is 5.49. The molecule has 1 aromatic heterocycles. The van der Waals surface area contributed by atoms with Crippen molar-refractivity contribution in [3.8, 4) is 0 Å². The van der Waals surface area contributed by atoms with Gasteiger partial charge in [0, 0.05) is 23.0 Å². The maximum absolute atomic E-state index is 13.0. The lowest BCUT2D eigenvalue weighted by molar-refractivity contribution is -0.119. The van der Waals surface area contributed by atoms with Crippen LogP contribution in [0.15, 0.2) is 66.0 Å². The number of nitrogens with one attached hydrogen (secondary N) is 2. The topological polar surface area (TPSA) is 58.2 Å². The molecular formula is C25H26N2O2S. The molecule has 2 amide bonds. The van der Waals surface area contributed by atoms with Gasteiger partial charge in [-0.1, -0.05) is 61.9 Å². The summed E-state index contributed by atoms with van der Waals surface area (Å²) in [7, 11) is 0. The zero-order valence-electron chi connectivity index (χ0n) is 17.4. The van der Waals surface area contributed by atoms with E-state index in [9.17, 15) is 9.59 Å². The van der Waals surface area contributed by atoms with E-state index in [2.05, 4.69) is 16.7 Å². The maximum atomic E-state index is 13.0. The fraction of sp³-hybridized carbons (Fsp3) is 0.200. The van der Waals surface area contributed by atoms with E-state index in [4.69, 9.17) is 0 Å². The smallest absolute Gasteiger partial charge is 0.253 e. The van der Waals surface area contributed by atoms with E-state index in [1.807, 2.05) is 86.8 Å². The Morgan fingerprint density at radius 2 is 1.80 bits per heavy atom. The first-order valence-electron chi connectivity index (χ1n) is 9.92. The van der Waals surface area contributed by atoms with E-state index < -0.39 is 0 Å². The Balaban J connectivity index is 1.70. The number of carbonyl (C=O) groups is 2. The summed E-state index contributed by atoms with van der Waals surface area (Å²) in [4.78, 5) is 25.7. The highest BCUT2D eigenvalue weighted by Crippen LogP contribution is 2.24. The number of amides is 2. The van der Waals surface area contributed by atoms with Gasteiger partial charge in [0.25, 0.3) is 5.91 Å². The summed E-state index contributed by atoms with van der Waals surface area (Å²) in [5.41, 5.74) is 4.52. The monoisotopic (exact) mass is 418 g/mol. The van der Waals surface area contributed by atoms with Crippen molar-refractivity contribution in [3.63, 3.8) is 0 Å². The molecule has 0 atom stereocenters. The van der Waals surface area contributed by atoms with Crippen LogP contribution in [0, 0.1) is 12.8 Å². The number of carbonyl (C=O) groups excluding carboxylic acids is 2. The molecule has 0 radical (unpaired) electrons. The summed E-state index contributed by atoms with van der Waals surface area (Å²) in [6, 6.07) is 19.5. The van der Waals surface area contributed by atoms with Crippen LogP contribution < -0.4 is 10.6 Å². The molecule has 3 rings (SSSR count). The third-order valence-electron chi connectivity index (χ3n) is 4.58. The van der Waals surface area contributed by atoms with E-state index in [1.54, 1.807) is 11.3 Å². The minimum atomic E-state index is -0.115. The van der Waals surface area contributed by atoms with Crippen molar-refractivity contribution in [2.24, 2.45) is 5.92 Å². The number of benzene rings is 2. The van der Waals surface area contributed by atoms with Crippen LogP contribution in [-0.2, 0) is 16.1 Å². The van der Waals surface area contributed by atoms with Crippen LogP contribution in [-0.4, -0.2) is 11.8 Å². The van der Waals surface area contributed by atoms with Crippen molar-refractivity contribution in [3.05, 3.63) is 87.6 Å². The van der Waals surface area contributed by atoms with Crippen molar-refractivity contribution >= 4 is 40.5 Å². The predicted molar refractivity (Wildman–Crippen MR) is 125 cm³/mol. The molecule has 0 aliphatic carbocycles. The predicted octanol–water partition coefficient (Wildman–Crippen LogP) is 5.51. The molecule has 0 fully saturated rings. The molecule has 0 saturated heterocycles. The third kappa shape index (κ3) is 5.91. The second-order valence-electron chi connectivity index (χ2n) is 7.47. The number of anilines is 1. The van der Waals surface area contributed by atoms with Crippen LogP contribution >= 0.6 is 11.3 Å². The summed E-state index contributed by atoms with van der Waals surface area (Å²) >= 11 is 1.55. The van der Waals surface area contributed by atoms with Crippen molar-refractivity contribution in [1.82, 2.24) is 5.32 Å². The van der Waals surface area contributed by atoms with Gasteiger partial charge in [-0.25, -0.2) is 0 Å². The molecule has 0 unspecified atom stereocenters. The largest absolute Gasteiger partial charge is 0.348 e. The Morgan fingerprint density at radius 1 is 1.03 bits per heavy atom. The first-order chi connectivity index (χ1) is 14.4. The molecule has 4 nitrogen and oxygen atoms in total. The van der Waals surface area contributed by atoms with Gasteiger partial charge in [0.1, 0.15) is 0 Å². The van der Waals surface area contributed by atoms with Crippen molar-refractivity contribution in [2.75, 3.05) is 5.32 Å².